The topological polar surface area (TPSA) is 139 Å². The van der Waals surface area contributed by atoms with Crippen molar-refractivity contribution in [2.45, 2.75) is 24.1 Å². The molecule has 3 fully saturated rings. The maximum atomic E-state index is 13.3. The molecule has 3 aliphatic heterocycles. The van der Waals surface area contributed by atoms with Crippen molar-refractivity contribution in [3.63, 3.8) is 0 Å². The van der Waals surface area contributed by atoms with Crippen LogP contribution in [0.3, 0.4) is 0 Å². The first kappa shape index (κ1) is 23.0. The minimum atomic E-state index is -1.11. The van der Waals surface area contributed by atoms with Crippen LogP contribution in [0.1, 0.15) is 47.9 Å². The van der Waals surface area contributed by atoms with Gasteiger partial charge in [0.05, 0.1) is 22.8 Å². The lowest BCUT2D eigenvalue weighted by molar-refractivity contribution is -0.0917. The molecule has 3 saturated heterocycles. The highest BCUT2D eigenvalue weighted by atomic mass is 16.4. The van der Waals surface area contributed by atoms with Crippen molar-refractivity contribution in [1.29, 1.82) is 0 Å². The number of amides is 2. The first-order valence-electron chi connectivity index (χ1n) is 11.4. The lowest BCUT2D eigenvalue weighted by Crippen LogP contribution is -2.79. The number of aliphatic hydroxyl groups excluding tert-OH is 1. The van der Waals surface area contributed by atoms with Gasteiger partial charge in [-0.25, -0.2) is 9.59 Å². The van der Waals surface area contributed by atoms with E-state index < -0.39 is 23.6 Å². The van der Waals surface area contributed by atoms with Crippen LogP contribution in [0.25, 0.3) is 0 Å². The summed E-state index contributed by atoms with van der Waals surface area (Å²) in [4.78, 5) is 54.5. The molecule has 3 aliphatic rings. The molecule has 35 heavy (non-hydrogen) atoms. The molecule has 0 unspecified atom stereocenters. The Morgan fingerprint density at radius 1 is 0.743 bits per heavy atom. The molecule has 3 heterocycles. The fourth-order valence-corrected chi connectivity index (χ4v) is 5.59. The van der Waals surface area contributed by atoms with E-state index in [0.717, 1.165) is 0 Å². The van der Waals surface area contributed by atoms with E-state index in [9.17, 15) is 34.5 Å². The molecule has 182 valence electrons. The lowest BCUT2D eigenvalue weighted by atomic mass is 9.83. The molecule has 2 aromatic carbocycles. The predicted molar refractivity (Wildman–Crippen MR) is 122 cm³/mol. The average Bonchev–Trinajstić information content (AvgIpc) is 3.21. The summed E-state index contributed by atoms with van der Waals surface area (Å²) in [7, 11) is 0. The highest BCUT2D eigenvalue weighted by Gasteiger charge is 2.57. The molecule has 1 spiro atoms. The zero-order valence-electron chi connectivity index (χ0n) is 18.8. The first-order chi connectivity index (χ1) is 16.7. The Kier molecular flexibility index (Phi) is 5.57. The number of carboxylic acid groups (broad SMARTS) is 2. The van der Waals surface area contributed by atoms with E-state index in [1.54, 1.807) is 21.9 Å². The Bertz CT molecular complexity index is 1220. The van der Waals surface area contributed by atoms with Gasteiger partial charge in [-0.05, 0) is 42.8 Å². The number of hydrogen-bond acceptors (Lipinski definition) is 6. The van der Waals surface area contributed by atoms with Gasteiger partial charge in [0.15, 0.2) is 0 Å². The van der Waals surface area contributed by atoms with Crippen molar-refractivity contribution >= 4 is 23.8 Å². The molecule has 5 rings (SSSR count). The van der Waals surface area contributed by atoms with Crippen molar-refractivity contribution < 1.29 is 34.5 Å². The summed E-state index contributed by atoms with van der Waals surface area (Å²) in [5, 5.41) is 28.8. The number of rotatable bonds is 4. The Morgan fingerprint density at radius 2 is 1.23 bits per heavy atom. The summed E-state index contributed by atoms with van der Waals surface area (Å²) >= 11 is 0. The van der Waals surface area contributed by atoms with Crippen LogP contribution in [0.5, 0.6) is 0 Å². The fraction of sp³-hybridized carbons (Fsp3) is 0.360. The summed E-state index contributed by atoms with van der Waals surface area (Å²) in [6.45, 7) is 1.88. The van der Waals surface area contributed by atoms with Gasteiger partial charge in [0.1, 0.15) is 0 Å². The number of carbonyl (C=O) groups is 4. The molecule has 3 N–H and O–H groups in total. The molecule has 0 aliphatic carbocycles. The van der Waals surface area contributed by atoms with E-state index >= 15 is 0 Å². The third kappa shape index (κ3) is 4.04. The minimum Gasteiger partial charge on any atom is -0.478 e. The van der Waals surface area contributed by atoms with Gasteiger partial charge in [-0.15, -0.1) is 0 Å². The number of fused-ring (bicyclic) bond motifs is 2. The van der Waals surface area contributed by atoms with Crippen LogP contribution in [0.2, 0.25) is 0 Å². The Labute approximate surface area is 201 Å². The van der Waals surface area contributed by atoms with Crippen molar-refractivity contribution in [1.82, 2.24) is 14.7 Å². The SMILES string of the molecule is O=C(O)c1cccc(C(=O)N2C[C@@H]3C[C@@H](O)CN3C3(C2)CN(C(=O)c2cccc(C(=O)O)c2)C3)c1. The van der Waals surface area contributed by atoms with E-state index in [1.165, 1.54) is 36.4 Å². The normalized spacial score (nSPS) is 23.0. The van der Waals surface area contributed by atoms with Gasteiger partial charge in [0.25, 0.3) is 11.8 Å². The zero-order chi connectivity index (χ0) is 24.9. The number of β-amino-alcohol motifs (C(OH)–C–C–N with tert-alkyl or cyclic N) is 1. The summed E-state index contributed by atoms with van der Waals surface area (Å²) in [5.74, 6) is -2.79. The zero-order valence-corrected chi connectivity index (χ0v) is 18.8. The summed E-state index contributed by atoms with van der Waals surface area (Å²) in [5.41, 5.74) is 0.105. The highest BCUT2D eigenvalue weighted by Crippen LogP contribution is 2.40. The van der Waals surface area contributed by atoms with Crippen molar-refractivity contribution in [3.8, 4) is 0 Å². The molecule has 0 bridgehead atoms. The van der Waals surface area contributed by atoms with E-state index in [1.807, 2.05) is 0 Å². The van der Waals surface area contributed by atoms with E-state index in [-0.39, 0.29) is 40.1 Å². The molecule has 0 saturated carbocycles. The third-order valence-electron chi connectivity index (χ3n) is 7.18. The predicted octanol–water partition coefficient (Wildman–Crippen LogP) is 0.869. The van der Waals surface area contributed by atoms with Crippen molar-refractivity contribution in [2.24, 2.45) is 0 Å². The minimum absolute atomic E-state index is 0.0319. The molecule has 10 heteroatoms. The smallest absolute Gasteiger partial charge is 0.335 e. The summed E-state index contributed by atoms with van der Waals surface area (Å²) in [6, 6.07) is 11.7. The molecular weight excluding hydrogens is 454 g/mol. The lowest BCUT2D eigenvalue weighted by Gasteiger charge is -2.60. The van der Waals surface area contributed by atoms with Gasteiger partial charge in [0.2, 0.25) is 0 Å². The van der Waals surface area contributed by atoms with Gasteiger partial charge < -0.3 is 25.1 Å². The average molecular weight is 479 g/mol. The van der Waals surface area contributed by atoms with E-state index in [2.05, 4.69) is 4.90 Å². The van der Waals surface area contributed by atoms with E-state index in [0.29, 0.717) is 39.1 Å². The monoisotopic (exact) mass is 479 g/mol. The molecule has 2 aromatic rings. The number of carboxylic acids is 2. The van der Waals surface area contributed by atoms with Gasteiger partial charge in [-0.3, -0.25) is 14.5 Å². The molecule has 2 amide bonds. The van der Waals surface area contributed by atoms with Crippen LogP contribution in [0.15, 0.2) is 48.5 Å². The van der Waals surface area contributed by atoms with Gasteiger partial charge in [0, 0.05) is 49.9 Å². The van der Waals surface area contributed by atoms with Gasteiger partial charge in [-0.2, -0.15) is 0 Å². The van der Waals surface area contributed by atoms with Crippen LogP contribution in [-0.2, 0) is 0 Å². The maximum Gasteiger partial charge on any atom is 0.335 e. The number of aliphatic hydroxyl groups is 1. The number of hydrogen-bond donors (Lipinski definition) is 3. The highest BCUT2D eigenvalue weighted by molar-refractivity contribution is 5.99. The number of aromatic carboxylic acids is 2. The van der Waals surface area contributed by atoms with Crippen LogP contribution in [0.4, 0.5) is 0 Å². The molecule has 0 aromatic heterocycles. The van der Waals surface area contributed by atoms with Gasteiger partial charge >= 0.3 is 11.9 Å². The maximum absolute atomic E-state index is 13.3. The fourth-order valence-electron chi connectivity index (χ4n) is 5.59. The summed E-state index contributed by atoms with van der Waals surface area (Å²) < 4.78 is 0. The third-order valence-corrected chi connectivity index (χ3v) is 7.18. The number of benzene rings is 2. The quantitative estimate of drug-likeness (QED) is 0.587. The molecule has 2 atom stereocenters. The van der Waals surface area contributed by atoms with Crippen LogP contribution in [-0.4, -0.2) is 104 Å². The number of piperazine rings is 1. The number of likely N-dealkylation sites (tertiary alicyclic amines) is 1. The van der Waals surface area contributed by atoms with Crippen LogP contribution in [0, 0.1) is 0 Å². The van der Waals surface area contributed by atoms with Crippen molar-refractivity contribution in [3.05, 3.63) is 70.8 Å². The van der Waals surface area contributed by atoms with E-state index in [4.69, 9.17) is 0 Å². The Balaban J connectivity index is 1.37. The Morgan fingerprint density at radius 3 is 1.77 bits per heavy atom. The van der Waals surface area contributed by atoms with Crippen LogP contribution < -0.4 is 0 Å². The number of carbonyl (C=O) groups excluding carboxylic acids is 2. The second kappa shape index (κ2) is 8.47. The molecular formula is C25H25N3O7. The largest absolute Gasteiger partial charge is 0.478 e. The second-order valence-corrected chi connectivity index (χ2v) is 9.54. The van der Waals surface area contributed by atoms with Crippen molar-refractivity contribution in [2.75, 3.05) is 32.7 Å². The van der Waals surface area contributed by atoms with Gasteiger partial charge in [-0.1, -0.05) is 12.1 Å². The summed E-state index contributed by atoms with van der Waals surface area (Å²) in [6.07, 6.45) is -0.0192. The standard InChI is InChI=1S/C25H25N3O7/c29-20-9-19-10-26(21(30)15-3-1-5-17(7-15)23(32)33)12-25(28(19)11-20)13-27(14-25)22(31)16-4-2-6-18(8-16)24(34)35/h1-8,19-20,29H,9-14H2,(H,32,33)(H,34,35)/t19-,20+/m0/s1. The Hall–Kier alpha value is -3.76. The molecule has 0 radical (unpaired) electrons. The van der Waals surface area contributed by atoms with Crippen LogP contribution >= 0.6 is 0 Å². The first-order valence-corrected chi connectivity index (χ1v) is 11.4. The molecule has 10 nitrogen and oxygen atoms in total. The second-order valence-electron chi connectivity index (χ2n) is 9.54. The number of nitrogens with zero attached hydrogens (tertiary/aromatic N) is 3.